The molecule has 3 heteroatoms. The lowest BCUT2D eigenvalue weighted by Crippen LogP contribution is -2.43. The Morgan fingerprint density at radius 1 is 1.10 bits per heavy atom. The fourth-order valence-corrected chi connectivity index (χ4v) is 3.59. The van der Waals surface area contributed by atoms with Gasteiger partial charge in [0.05, 0.1) is 0 Å². The summed E-state index contributed by atoms with van der Waals surface area (Å²) >= 11 is 0. The molecule has 1 fully saturated rings. The Kier molecular flexibility index (Phi) is 5.37. The van der Waals surface area contributed by atoms with Gasteiger partial charge in [0.2, 0.25) is 0 Å². The molecule has 1 aromatic rings. The van der Waals surface area contributed by atoms with Crippen molar-refractivity contribution in [2.24, 2.45) is 17.8 Å². The molecule has 0 saturated heterocycles. The Bertz CT molecular complexity index is 472. The molecule has 1 saturated carbocycles. The standard InChI is InChI=1S/C18H27F2N/c1-11(2)15-7-5-12(3)9-18(15)21-13(4)14-6-8-16(19)17(20)10-14/h6,8,10-13,15,18,21H,5,7,9H2,1-4H3. The molecule has 4 atom stereocenters. The van der Waals surface area contributed by atoms with E-state index in [4.69, 9.17) is 0 Å². The third kappa shape index (κ3) is 4.03. The summed E-state index contributed by atoms with van der Waals surface area (Å²) < 4.78 is 26.4. The highest BCUT2D eigenvalue weighted by molar-refractivity contribution is 5.21. The smallest absolute Gasteiger partial charge is 0.159 e. The van der Waals surface area contributed by atoms with Crippen LogP contribution in [0.15, 0.2) is 18.2 Å². The lowest BCUT2D eigenvalue weighted by molar-refractivity contribution is 0.161. The largest absolute Gasteiger partial charge is 0.307 e. The highest BCUT2D eigenvalue weighted by Crippen LogP contribution is 2.34. The summed E-state index contributed by atoms with van der Waals surface area (Å²) in [5.74, 6) is 0.492. The van der Waals surface area contributed by atoms with E-state index in [2.05, 4.69) is 26.1 Å². The van der Waals surface area contributed by atoms with Gasteiger partial charge in [0.25, 0.3) is 0 Å². The first-order chi connectivity index (χ1) is 9.88. The van der Waals surface area contributed by atoms with Gasteiger partial charge in [-0.3, -0.25) is 0 Å². The molecule has 0 aromatic heterocycles. The fourth-order valence-electron chi connectivity index (χ4n) is 3.59. The minimum absolute atomic E-state index is 0.0386. The average molecular weight is 295 g/mol. The van der Waals surface area contributed by atoms with Crippen molar-refractivity contribution in [2.75, 3.05) is 0 Å². The summed E-state index contributed by atoms with van der Waals surface area (Å²) in [5, 5.41) is 3.65. The van der Waals surface area contributed by atoms with Gasteiger partial charge >= 0.3 is 0 Å². The summed E-state index contributed by atoms with van der Waals surface area (Å²) in [6.07, 6.45) is 3.71. The number of benzene rings is 1. The van der Waals surface area contributed by atoms with E-state index < -0.39 is 11.6 Å². The van der Waals surface area contributed by atoms with Crippen LogP contribution in [-0.4, -0.2) is 6.04 Å². The zero-order chi connectivity index (χ0) is 15.6. The number of nitrogens with one attached hydrogen (secondary N) is 1. The maximum atomic E-state index is 13.4. The van der Waals surface area contributed by atoms with Crippen molar-refractivity contribution in [3.63, 3.8) is 0 Å². The number of rotatable bonds is 4. The van der Waals surface area contributed by atoms with Crippen LogP contribution in [0.2, 0.25) is 0 Å². The van der Waals surface area contributed by atoms with E-state index in [1.807, 2.05) is 6.92 Å². The molecule has 0 radical (unpaired) electrons. The number of hydrogen-bond acceptors (Lipinski definition) is 1. The Morgan fingerprint density at radius 3 is 2.43 bits per heavy atom. The van der Waals surface area contributed by atoms with E-state index in [9.17, 15) is 8.78 Å². The van der Waals surface area contributed by atoms with Crippen LogP contribution in [0.1, 0.15) is 58.6 Å². The summed E-state index contributed by atoms with van der Waals surface area (Å²) in [7, 11) is 0. The van der Waals surface area contributed by atoms with E-state index >= 15 is 0 Å². The topological polar surface area (TPSA) is 12.0 Å². The third-order valence-electron chi connectivity index (χ3n) is 4.93. The molecular formula is C18H27F2N. The maximum absolute atomic E-state index is 13.4. The molecule has 0 bridgehead atoms. The van der Waals surface area contributed by atoms with Crippen LogP contribution in [0.4, 0.5) is 8.78 Å². The number of hydrogen-bond donors (Lipinski definition) is 1. The van der Waals surface area contributed by atoms with E-state index in [1.165, 1.54) is 25.0 Å². The molecule has 4 unspecified atom stereocenters. The first-order valence-corrected chi connectivity index (χ1v) is 8.09. The van der Waals surface area contributed by atoms with Crippen LogP contribution in [-0.2, 0) is 0 Å². The van der Waals surface area contributed by atoms with Gasteiger partial charge < -0.3 is 5.32 Å². The van der Waals surface area contributed by atoms with Crippen molar-refractivity contribution in [1.29, 1.82) is 0 Å². The molecular weight excluding hydrogens is 268 g/mol. The molecule has 2 rings (SSSR count). The molecule has 1 aromatic carbocycles. The minimum atomic E-state index is -0.780. The van der Waals surface area contributed by atoms with Gasteiger partial charge in [-0.2, -0.15) is 0 Å². The minimum Gasteiger partial charge on any atom is -0.307 e. The first-order valence-electron chi connectivity index (χ1n) is 8.09. The zero-order valence-corrected chi connectivity index (χ0v) is 13.5. The van der Waals surface area contributed by atoms with Gasteiger partial charge in [-0.25, -0.2) is 8.78 Å². The van der Waals surface area contributed by atoms with Crippen LogP contribution < -0.4 is 5.32 Å². The maximum Gasteiger partial charge on any atom is 0.159 e. The van der Waals surface area contributed by atoms with Crippen LogP contribution in [0, 0.1) is 29.4 Å². The molecule has 1 aliphatic carbocycles. The molecule has 1 N–H and O–H groups in total. The SMILES string of the molecule is CC1CCC(C(C)C)C(NC(C)c2ccc(F)c(F)c2)C1. The molecule has 21 heavy (non-hydrogen) atoms. The lowest BCUT2D eigenvalue weighted by atomic mass is 9.73. The zero-order valence-electron chi connectivity index (χ0n) is 13.5. The van der Waals surface area contributed by atoms with Crippen LogP contribution in [0.25, 0.3) is 0 Å². The molecule has 0 amide bonds. The molecule has 0 aliphatic heterocycles. The monoisotopic (exact) mass is 295 g/mol. The van der Waals surface area contributed by atoms with Crippen molar-refractivity contribution in [3.05, 3.63) is 35.4 Å². The highest BCUT2D eigenvalue weighted by atomic mass is 19.2. The Morgan fingerprint density at radius 2 is 1.81 bits per heavy atom. The van der Waals surface area contributed by atoms with Crippen LogP contribution in [0.5, 0.6) is 0 Å². The predicted molar refractivity (Wildman–Crippen MR) is 83.0 cm³/mol. The second kappa shape index (κ2) is 6.87. The van der Waals surface area contributed by atoms with Crippen molar-refractivity contribution < 1.29 is 8.78 Å². The van der Waals surface area contributed by atoms with Gasteiger partial charge in [-0.15, -0.1) is 0 Å². The molecule has 1 aliphatic rings. The Labute approximate surface area is 127 Å². The normalized spacial score (nSPS) is 27.9. The summed E-state index contributed by atoms with van der Waals surface area (Å²) in [4.78, 5) is 0. The molecule has 1 nitrogen and oxygen atoms in total. The highest BCUT2D eigenvalue weighted by Gasteiger charge is 2.31. The summed E-state index contributed by atoms with van der Waals surface area (Å²) in [5.41, 5.74) is 0.814. The fraction of sp³-hybridized carbons (Fsp3) is 0.667. The summed E-state index contributed by atoms with van der Waals surface area (Å²) in [6.45, 7) is 8.88. The van der Waals surface area contributed by atoms with Gasteiger partial charge in [-0.05, 0) is 55.2 Å². The van der Waals surface area contributed by atoms with E-state index in [1.54, 1.807) is 6.07 Å². The predicted octanol–water partition coefficient (Wildman–Crippen LogP) is 5.08. The van der Waals surface area contributed by atoms with E-state index in [0.29, 0.717) is 17.9 Å². The second-order valence-electron chi connectivity index (χ2n) is 6.99. The van der Waals surface area contributed by atoms with E-state index in [0.717, 1.165) is 17.9 Å². The molecule has 0 spiro atoms. The Hall–Kier alpha value is -0.960. The van der Waals surface area contributed by atoms with Crippen molar-refractivity contribution in [1.82, 2.24) is 5.32 Å². The lowest BCUT2D eigenvalue weighted by Gasteiger charge is -2.39. The van der Waals surface area contributed by atoms with Gasteiger partial charge in [0, 0.05) is 12.1 Å². The van der Waals surface area contributed by atoms with Gasteiger partial charge in [0.1, 0.15) is 0 Å². The summed E-state index contributed by atoms with van der Waals surface area (Å²) in [6, 6.07) is 4.69. The average Bonchev–Trinajstić information content (AvgIpc) is 2.41. The van der Waals surface area contributed by atoms with E-state index in [-0.39, 0.29) is 6.04 Å². The van der Waals surface area contributed by atoms with Crippen molar-refractivity contribution in [2.45, 2.75) is 59.0 Å². The van der Waals surface area contributed by atoms with Gasteiger partial charge in [-0.1, -0.05) is 33.3 Å². The van der Waals surface area contributed by atoms with Crippen molar-refractivity contribution >= 4 is 0 Å². The number of halogens is 2. The van der Waals surface area contributed by atoms with Crippen LogP contribution >= 0.6 is 0 Å². The third-order valence-corrected chi connectivity index (χ3v) is 4.93. The van der Waals surface area contributed by atoms with Gasteiger partial charge in [0.15, 0.2) is 11.6 Å². The quantitative estimate of drug-likeness (QED) is 0.817. The molecule has 0 heterocycles. The second-order valence-corrected chi connectivity index (χ2v) is 6.99. The molecule has 118 valence electrons. The Balaban J connectivity index is 2.08. The first kappa shape index (κ1) is 16.4. The van der Waals surface area contributed by atoms with Crippen molar-refractivity contribution in [3.8, 4) is 0 Å². The van der Waals surface area contributed by atoms with Crippen LogP contribution in [0.3, 0.4) is 0 Å².